The molecule has 0 fully saturated rings. The van der Waals surface area contributed by atoms with Gasteiger partial charge in [0.25, 0.3) is 5.91 Å². The van der Waals surface area contributed by atoms with Gasteiger partial charge in [-0.05, 0) is 24.3 Å². The van der Waals surface area contributed by atoms with E-state index in [1.54, 1.807) is 24.3 Å². The van der Waals surface area contributed by atoms with E-state index in [0.29, 0.717) is 10.0 Å². The van der Waals surface area contributed by atoms with Gasteiger partial charge in [0.1, 0.15) is 16.6 Å². The monoisotopic (exact) mass is 408 g/mol. The van der Waals surface area contributed by atoms with Crippen LogP contribution in [0.5, 0.6) is 0 Å². The molecule has 1 N–H and O–H groups in total. The summed E-state index contributed by atoms with van der Waals surface area (Å²) in [4.78, 5) is 27.9. The van der Waals surface area contributed by atoms with E-state index >= 15 is 0 Å². The molecule has 1 amide bonds. The van der Waals surface area contributed by atoms with Gasteiger partial charge in [0.05, 0.1) is 5.69 Å². The molecule has 0 aliphatic heterocycles. The average Bonchev–Trinajstić information content (AvgIpc) is 3.13. The number of hydrogen-bond donors (Lipinski definition) is 1. The number of benzene rings is 2. The molecule has 1 heterocycles. The van der Waals surface area contributed by atoms with Crippen molar-refractivity contribution in [3.05, 3.63) is 70.2 Å². The summed E-state index contributed by atoms with van der Waals surface area (Å²) in [6.45, 7) is -0.668. The van der Waals surface area contributed by atoms with Crippen LogP contribution in [0.3, 0.4) is 0 Å². The Labute approximate surface area is 161 Å². The summed E-state index contributed by atoms with van der Waals surface area (Å²) in [5.74, 6) is -3.13. The molecule has 2 aromatic carbocycles. The van der Waals surface area contributed by atoms with Crippen molar-refractivity contribution in [2.45, 2.75) is 0 Å². The quantitative estimate of drug-likeness (QED) is 0.629. The fourth-order valence-electron chi connectivity index (χ4n) is 2.11. The molecular weight excluding hydrogens is 398 g/mol. The maximum absolute atomic E-state index is 13.5. The molecular formula is C18H11ClF2N2O3S. The Morgan fingerprint density at radius 2 is 2.00 bits per heavy atom. The van der Waals surface area contributed by atoms with Crippen LogP contribution in [-0.2, 0) is 9.53 Å². The van der Waals surface area contributed by atoms with Gasteiger partial charge in [-0.15, -0.1) is 11.3 Å². The molecule has 0 spiro atoms. The van der Waals surface area contributed by atoms with Crippen molar-refractivity contribution >= 4 is 40.5 Å². The van der Waals surface area contributed by atoms with Gasteiger partial charge < -0.3 is 10.1 Å². The average molecular weight is 409 g/mol. The highest BCUT2D eigenvalue weighted by Gasteiger charge is 2.16. The first-order valence-corrected chi connectivity index (χ1v) is 8.81. The minimum absolute atomic E-state index is 0.0275. The van der Waals surface area contributed by atoms with Gasteiger partial charge in [-0.1, -0.05) is 23.7 Å². The minimum atomic E-state index is -0.811. The zero-order valence-electron chi connectivity index (χ0n) is 13.5. The van der Waals surface area contributed by atoms with Crippen LogP contribution in [0.25, 0.3) is 10.6 Å². The van der Waals surface area contributed by atoms with Crippen LogP contribution in [0.1, 0.15) is 10.5 Å². The summed E-state index contributed by atoms with van der Waals surface area (Å²) in [6, 6.07) is 9.60. The van der Waals surface area contributed by atoms with Gasteiger partial charge in [0.2, 0.25) is 0 Å². The number of carbonyl (C=O) groups excluding carboxylic acids is 2. The predicted molar refractivity (Wildman–Crippen MR) is 97.8 cm³/mol. The molecule has 3 aromatic rings. The molecule has 3 rings (SSSR count). The Bertz CT molecular complexity index is 1010. The number of thiazole rings is 1. The number of nitrogens with zero attached hydrogens (tertiary/aromatic N) is 1. The second-order valence-corrected chi connectivity index (χ2v) is 6.59. The molecule has 0 saturated heterocycles. The highest BCUT2D eigenvalue weighted by molar-refractivity contribution is 7.13. The molecule has 0 unspecified atom stereocenters. The number of carbonyl (C=O) groups is 2. The standard InChI is InChI=1S/C18H11ClF2N2O3S/c19-11-3-1-2-10(6-11)17-23-15(9-27-17)18(25)26-8-16(24)22-14-7-12(20)4-5-13(14)21/h1-7,9H,8H2,(H,22,24). The van der Waals surface area contributed by atoms with Crippen LogP contribution in [0, 0.1) is 11.6 Å². The Morgan fingerprint density at radius 3 is 2.78 bits per heavy atom. The van der Waals surface area contributed by atoms with Crippen molar-refractivity contribution in [1.29, 1.82) is 0 Å². The van der Waals surface area contributed by atoms with E-state index in [2.05, 4.69) is 10.3 Å². The maximum atomic E-state index is 13.5. The van der Waals surface area contributed by atoms with Gasteiger partial charge in [-0.25, -0.2) is 18.6 Å². The largest absolute Gasteiger partial charge is 0.451 e. The summed E-state index contributed by atoms with van der Waals surface area (Å²) in [7, 11) is 0. The lowest BCUT2D eigenvalue weighted by atomic mass is 10.2. The summed E-state index contributed by atoms with van der Waals surface area (Å²) in [6.07, 6.45) is 0. The molecule has 0 atom stereocenters. The zero-order chi connectivity index (χ0) is 19.4. The van der Waals surface area contributed by atoms with Gasteiger partial charge in [-0.2, -0.15) is 0 Å². The molecule has 1 aromatic heterocycles. The molecule has 0 aliphatic carbocycles. The SMILES string of the molecule is O=C(COC(=O)c1csc(-c2cccc(Cl)c2)n1)Nc1cc(F)ccc1F. The van der Waals surface area contributed by atoms with Crippen LogP contribution in [-0.4, -0.2) is 23.5 Å². The van der Waals surface area contributed by atoms with Crippen molar-refractivity contribution in [3.8, 4) is 10.6 Å². The number of nitrogens with one attached hydrogen (secondary N) is 1. The zero-order valence-corrected chi connectivity index (χ0v) is 15.1. The fraction of sp³-hybridized carbons (Fsp3) is 0.0556. The van der Waals surface area contributed by atoms with Crippen molar-refractivity contribution < 1.29 is 23.1 Å². The van der Waals surface area contributed by atoms with Gasteiger partial charge in [0, 0.05) is 22.0 Å². The molecule has 138 valence electrons. The van der Waals surface area contributed by atoms with Crippen LogP contribution in [0.2, 0.25) is 5.02 Å². The van der Waals surface area contributed by atoms with Crippen LogP contribution in [0.15, 0.2) is 47.8 Å². The number of aromatic nitrogens is 1. The third-order valence-electron chi connectivity index (χ3n) is 3.32. The lowest BCUT2D eigenvalue weighted by Crippen LogP contribution is -2.21. The Kier molecular flexibility index (Phi) is 5.78. The van der Waals surface area contributed by atoms with Crippen LogP contribution >= 0.6 is 22.9 Å². The normalized spacial score (nSPS) is 10.5. The second-order valence-electron chi connectivity index (χ2n) is 5.30. The van der Waals surface area contributed by atoms with E-state index in [1.165, 1.54) is 16.7 Å². The number of hydrogen-bond acceptors (Lipinski definition) is 5. The van der Waals surface area contributed by atoms with Crippen molar-refractivity contribution in [3.63, 3.8) is 0 Å². The number of amides is 1. The summed E-state index contributed by atoms with van der Waals surface area (Å²) in [5, 5.41) is 4.72. The second kappa shape index (κ2) is 8.24. The lowest BCUT2D eigenvalue weighted by molar-refractivity contribution is -0.119. The number of esters is 1. The van der Waals surface area contributed by atoms with Crippen LogP contribution in [0.4, 0.5) is 14.5 Å². The van der Waals surface area contributed by atoms with Crippen molar-refractivity contribution in [2.75, 3.05) is 11.9 Å². The van der Waals surface area contributed by atoms with E-state index in [9.17, 15) is 18.4 Å². The molecule has 27 heavy (non-hydrogen) atoms. The minimum Gasteiger partial charge on any atom is -0.451 e. The number of ether oxygens (including phenoxy) is 1. The highest BCUT2D eigenvalue weighted by atomic mass is 35.5. The number of anilines is 1. The molecule has 0 aliphatic rings. The van der Waals surface area contributed by atoms with Gasteiger partial charge in [-0.3, -0.25) is 4.79 Å². The predicted octanol–water partition coefficient (Wildman–Crippen LogP) is 4.54. The van der Waals surface area contributed by atoms with E-state index < -0.39 is 30.1 Å². The number of rotatable bonds is 5. The van der Waals surface area contributed by atoms with Gasteiger partial charge in [0.15, 0.2) is 12.3 Å². The van der Waals surface area contributed by atoms with E-state index in [4.69, 9.17) is 16.3 Å². The first kappa shape index (κ1) is 18.9. The molecule has 0 bridgehead atoms. The fourth-order valence-corrected chi connectivity index (χ4v) is 3.08. The molecule has 5 nitrogen and oxygen atoms in total. The smallest absolute Gasteiger partial charge is 0.358 e. The maximum Gasteiger partial charge on any atom is 0.358 e. The Hall–Kier alpha value is -2.84. The third-order valence-corrected chi connectivity index (χ3v) is 4.45. The van der Waals surface area contributed by atoms with E-state index in [1.807, 2.05) is 0 Å². The van der Waals surface area contributed by atoms with E-state index in [0.717, 1.165) is 23.8 Å². The highest BCUT2D eigenvalue weighted by Crippen LogP contribution is 2.26. The first-order chi connectivity index (χ1) is 12.9. The Balaban J connectivity index is 1.59. The topological polar surface area (TPSA) is 68.3 Å². The summed E-state index contributed by atoms with van der Waals surface area (Å²) in [5.41, 5.74) is 0.429. The Morgan fingerprint density at radius 1 is 1.19 bits per heavy atom. The van der Waals surface area contributed by atoms with Gasteiger partial charge >= 0.3 is 5.97 Å². The van der Waals surface area contributed by atoms with Crippen LogP contribution < -0.4 is 5.32 Å². The van der Waals surface area contributed by atoms with Crippen molar-refractivity contribution in [2.24, 2.45) is 0 Å². The molecule has 0 radical (unpaired) electrons. The third kappa shape index (κ3) is 4.87. The summed E-state index contributed by atoms with van der Waals surface area (Å²) >= 11 is 7.14. The number of halogens is 3. The lowest BCUT2D eigenvalue weighted by Gasteiger charge is -2.06. The van der Waals surface area contributed by atoms with Crippen molar-refractivity contribution in [1.82, 2.24) is 4.98 Å². The first-order valence-electron chi connectivity index (χ1n) is 7.56. The molecule has 9 heteroatoms. The molecule has 0 saturated carbocycles. The van der Waals surface area contributed by atoms with E-state index in [-0.39, 0.29) is 11.4 Å². The summed E-state index contributed by atoms with van der Waals surface area (Å²) < 4.78 is 31.4.